The van der Waals surface area contributed by atoms with Gasteiger partial charge in [-0.25, -0.2) is 0 Å². The highest BCUT2D eigenvalue weighted by Crippen LogP contribution is 2.19. The molecule has 1 saturated heterocycles. The standard InChI is InChI=1S/C12H23F3N4O/c1-9(7-11(2,17)10(16)20)19-5-3-18(4-6-19)8-12(13,14)15/h9H,3-8,17H2,1-2H3,(H2,16,20). The number of carbonyl (C=O) groups is 1. The Kier molecular flexibility index (Phi) is 5.39. The molecule has 1 fully saturated rings. The summed E-state index contributed by atoms with van der Waals surface area (Å²) in [5.74, 6) is -0.569. The summed E-state index contributed by atoms with van der Waals surface area (Å²) < 4.78 is 36.9. The molecule has 1 amide bonds. The van der Waals surface area contributed by atoms with Gasteiger partial charge in [0.25, 0.3) is 0 Å². The molecule has 8 heteroatoms. The van der Waals surface area contributed by atoms with Crippen molar-refractivity contribution in [2.45, 2.75) is 38.0 Å². The SMILES string of the molecule is CC(CC(C)(N)C(N)=O)N1CCN(CC(F)(F)F)CC1. The Morgan fingerprint density at radius 2 is 1.75 bits per heavy atom. The molecular weight excluding hydrogens is 273 g/mol. The topological polar surface area (TPSA) is 75.6 Å². The minimum atomic E-state index is -4.16. The summed E-state index contributed by atoms with van der Waals surface area (Å²) in [6, 6.07) is 0.00513. The minimum absolute atomic E-state index is 0.00513. The lowest BCUT2D eigenvalue weighted by Crippen LogP contribution is -2.56. The van der Waals surface area contributed by atoms with Crippen molar-refractivity contribution in [3.63, 3.8) is 0 Å². The van der Waals surface area contributed by atoms with Gasteiger partial charge in [0.15, 0.2) is 0 Å². The van der Waals surface area contributed by atoms with Crippen LogP contribution in [0.3, 0.4) is 0 Å². The van der Waals surface area contributed by atoms with E-state index in [0.717, 1.165) is 0 Å². The van der Waals surface area contributed by atoms with Gasteiger partial charge in [-0.05, 0) is 20.3 Å². The summed E-state index contributed by atoms with van der Waals surface area (Å²) in [5, 5.41) is 0. The Bertz CT molecular complexity index is 338. The number of piperazine rings is 1. The van der Waals surface area contributed by atoms with E-state index >= 15 is 0 Å². The number of primary amides is 1. The fourth-order valence-electron chi connectivity index (χ4n) is 2.46. The number of alkyl halides is 3. The first-order valence-corrected chi connectivity index (χ1v) is 6.63. The number of amides is 1. The molecule has 0 bridgehead atoms. The van der Waals surface area contributed by atoms with E-state index in [1.54, 1.807) is 6.92 Å². The Labute approximate surface area is 117 Å². The van der Waals surface area contributed by atoms with E-state index in [4.69, 9.17) is 11.5 Å². The zero-order chi connectivity index (χ0) is 15.6. The molecule has 1 heterocycles. The van der Waals surface area contributed by atoms with Crippen LogP contribution in [0, 0.1) is 0 Å². The lowest BCUT2D eigenvalue weighted by Gasteiger charge is -2.40. The van der Waals surface area contributed by atoms with E-state index in [1.165, 1.54) is 4.90 Å². The van der Waals surface area contributed by atoms with Crippen LogP contribution in [0.1, 0.15) is 20.3 Å². The zero-order valence-corrected chi connectivity index (χ0v) is 11.9. The van der Waals surface area contributed by atoms with Crippen LogP contribution in [0.15, 0.2) is 0 Å². The van der Waals surface area contributed by atoms with Gasteiger partial charge in [-0.1, -0.05) is 0 Å². The fourth-order valence-corrected chi connectivity index (χ4v) is 2.46. The molecule has 2 atom stereocenters. The maximum absolute atomic E-state index is 12.3. The predicted octanol–water partition coefficient (Wildman–Crippen LogP) is 0.148. The summed E-state index contributed by atoms with van der Waals surface area (Å²) in [7, 11) is 0. The van der Waals surface area contributed by atoms with Gasteiger partial charge >= 0.3 is 6.18 Å². The normalized spacial score (nSPS) is 23.3. The average Bonchev–Trinajstić information content (AvgIpc) is 2.26. The van der Waals surface area contributed by atoms with Crippen molar-refractivity contribution in [2.75, 3.05) is 32.7 Å². The quantitative estimate of drug-likeness (QED) is 0.757. The van der Waals surface area contributed by atoms with E-state index in [1.807, 2.05) is 11.8 Å². The van der Waals surface area contributed by atoms with E-state index < -0.39 is 24.2 Å². The minimum Gasteiger partial charge on any atom is -0.368 e. The van der Waals surface area contributed by atoms with Gasteiger partial charge in [0, 0.05) is 32.2 Å². The highest BCUT2D eigenvalue weighted by atomic mass is 19.4. The van der Waals surface area contributed by atoms with Crippen LogP contribution >= 0.6 is 0 Å². The number of hydrogen-bond donors (Lipinski definition) is 2. The molecule has 4 N–H and O–H groups in total. The third-order valence-electron chi connectivity index (χ3n) is 3.72. The molecule has 5 nitrogen and oxygen atoms in total. The molecule has 2 unspecified atom stereocenters. The van der Waals surface area contributed by atoms with Crippen molar-refractivity contribution in [1.29, 1.82) is 0 Å². The maximum Gasteiger partial charge on any atom is 0.401 e. The Hall–Kier alpha value is -0.860. The third-order valence-corrected chi connectivity index (χ3v) is 3.72. The van der Waals surface area contributed by atoms with Crippen LogP contribution in [0.2, 0.25) is 0 Å². The van der Waals surface area contributed by atoms with Crippen molar-refractivity contribution in [3.05, 3.63) is 0 Å². The lowest BCUT2D eigenvalue weighted by molar-refractivity contribution is -0.150. The number of hydrogen-bond acceptors (Lipinski definition) is 4. The summed E-state index contributed by atoms with van der Waals surface area (Å²) in [6.07, 6.45) is -3.77. The van der Waals surface area contributed by atoms with Gasteiger partial charge in [0.2, 0.25) is 5.91 Å². The molecule has 0 aromatic carbocycles. The number of nitrogens with zero attached hydrogens (tertiary/aromatic N) is 2. The van der Waals surface area contributed by atoms with Gasteiger partial charge in [0.1, 0.15) is 0 Å². The maximum atomic E-state index is 12.3. The first-order valence-electron chi connectivity index (χ1n) is 6.63. The molecular formula is C12H23F3N4O. The molecule has 0 spiro atoms. The molecule has 0 aromatic rings. The first-order chi connectivity index (χ1) is 9.01. The highest BCUT2D eigenvalue weighted by Gasteiger charge is 2.34. The van der Waals surface area contributed by atoms with Crippen molar-refractivity contribution < 1.29 is 18.0 Å². The van der Waals surface area contributed by atoms with Gasteiger partial charge in [0.05, 0.1) is 12.1 Å². The van der Waals surface area contributed by atoms with Gasteiger partial charge < -0.3 is 11.5 Å². The van der Waals surface area contributed by atoms with E-state index in [2.05, 4.69) is 0 Å². The number of nitrogens with two attached hydrogens (primary N) is 2. The predicted molar refractivity (Wildman–Crippen MR) is 69.9 cm³/mol. The van der Waals surface area contributed by atoms with Crippen LogP contribution in [0.4, 0.5) is 13.2 Å². The van der Waals surface area contributed by atoms with E-state index in [0.29, 0.717) is 32.6 Å². The van der Waals surface area contributed by atoms with Crippen LogP contribution in [0.25, 0.3) is 0 Å². The molecule has 1 rings (SSSR count). The van der Waals surface area contributed by atoms with Gasteiger partial charge in [-0.2, -0.15) is 13.2 Å². The molecule has 1 aliphatic heterocycles. The smallest absolute Gasteiger partial charge is 0.368 e. The summed E-state index contributed by atoms with van der Waals surface area (Å²) >= 11 is 0. The number of carbonyl (C=O) groups excluding carboxylic acids is 1. The Balaban J connectivity index is 2.43. The van der Waals surface area contributed by atoms with Crippen molar-refractivity contribution in [1.82, 2.24) is 9.80 Å². The molecule has 0 saturated carbocycles. The fraction of sp³-hybridized carbons (Fsp3) is 0.917. The molecule has 118 valence electrons. The van der Waals surface area contributed by atoms with E-state index in [-0.39, 0.29) is 6.04 Å². The van der Waals surface area contributed by atoms with Gasteiger partial charge in [-0.15, -0.1) is 0 Å². The summed E-state index contributed by atoms with van der Waals surface area (Å²) in [6.45, 7) is 4.41. The summed E-state index contributed by atoms with van der Waals surface area (Å²) in [4.78, 5) is 14.6. The average molecular weight is 296 g/mol. The first kappa shape index (κ1) is 17.2. The van der Waals surface area contributed by atoms with Crippen molar-refractivity contribution in [3.8, 4) is 0 Å². The van der Waals surface area contributed by atoms with Crippen molar-refractivity contribution >= 4 is 5.91 Å². The molecule has 0 aliphatic carbocycles. The monoisotopic (exact) mass is 296 g/mol. The zero-order valence-electron chi connectivity index (χ0n) is 11.9. The van der Waals surface area contributed by atoms with Crippen LogP contribution < -0.4 is 11.5 Å². The van der Waals surface area contributed by atoms with Crippen molar-refractivity contribution in [2.24, 2.45) is 11.5 Å². The molecule has 1 aliphatic rings. The van der Waals surface area contributed by atoms with Crippen LogP contribution in [-0.2, 0) is 4.79 Å². The Morgan fingerprint density at radius 3 is 2.15 bits per heavy atom. The van der Waals surface area contributed by atoms with E-state index in [9.17, 15) is 18.0 Å². The molecule has 0 aromatic heterocycles. The number of rotatable bonds is 5. The van der Waals surface area contributed by atoms with Crippen LogP contribution in [-0.4, -0.2) is 66.2 Å². The van der Waals surface area contributed by atoms with Gasteiger partial charge in [-0.3, -0.25) is 14.6 Å². The molecule has 0 radical (unpaired) electrons. The Morgan fingerprint density at radius 1 is 1.25 bits per heavy atom. The van der Waals surface area contributed by atoms with Crippen LogP contribution in [0.5, 0.6) is 0 Å². The lowest BCUT2D eigenvalue weighted by atomic mass is 9.93. The largest absolute Gasteiger partial charge is 0.401 e. The second-order valence-electron chi connectivity index (χ2n) is 5.76. The highest BCUT2D eigenvalue weighted by molar-refractivity contribution is 5.83. The second kappa shape index (κ2) is 6.28. The summed E-state index contributed by atoms with van der Waals surface area (Å²) in [5.41, 5.74) is 9.95. The second-order valence-corrected chi connectivity index (χ2v) is 5.76. The molecule has 20 heavy (non-hydrogen) atoms. The number of halogens is 3. The third kappa shape index (κ3) is 5.26.